The average Bonchev–Trinajstić information content (AvgIpc) is 2.60. The third kappa shape index (κ3) is 3.49. The van der Waals surface area contributed by atoms with E-state index in [0.29, 0.717) is 10.7 Å². The lowest BCUT2D eigenvalue weighted by atomic mass is 9.99. The van der Waals surface area contributed by atoms with E-state index in [0.717, 1.165) is 16.7 Å². The number of rotatable bonds is 3. The van der Waals surface area contributed by atoms with Crippen LogP contribution in [0.25, 0.3) is 11.1 Å². The van der Waals surface area contributed by atoms with E-state index in [1.165, 1.54) is 16.8 Å². The molecule has 0 aliphatic carbocycles. The molecule has 0 radical (unpaired) electrons. The van der Waals surface area contributed by atoms with Crippen LogP contribution < -0.4 is 10.9 Å². The first-order valence-corrected chi connectivity index (χ1v) is 8.17. The van der Waals surface area contributed by atoms with Crippen molar-refractivity contribution in [3.05, 3.63) is 87.3 Å². The van der Waals surface area contributed by atoms with Crippen molar-refractivity contribution in [2.45, 2.75) is 6.92 Å². The molecule has 0 unspecified atom stereocenters. The number of hydrogen-bond acceptors (Lipinski definition) is 2. The monoisotopic (exact) mass is 352 g/mol. The Bertz CT molecular complexity index is 994. The van der Waals surface area contributed by atoms with Crippen molar-refractivity contribution in [2.75, 3.05) is 5.32 Å². The molecule has 1 aromatic heterocycles. The van der Waals surface area contributed by atoms with Gasteiger partial charge in [-0.15, -0.1) is 0 Å². The van der Waals surface area contributed by atoms with Gasteiger partial charge < -0.3 is 9.88 Å². The van der Waals surface area contributed by atoms with E-state index in [-0.39, 0.29) is 5.56 Å². The van der Waals surface area contributed by atoms with Gasteiger partial charge in [-0.2, -0.15) is 0 Å². The number of anilines is 1. The minimum atomic E-state index is -0.476. The number of carbonyl (C=O) groups excluding carboxylic acids is 1. The molecule has 0 aliphatic heterocycles. The summed E-state index contributed by atoms with van der Waals surface area (Å²) < 4.78 is 1.30. The zero-order valence-corrected chi connectivity index (χ0v) is 14.7. The third-order valence-electron chi connectivity index (χ3n) is 4.06. The van der Waals surface area contributed by atoms with Gasteiger partial charge in [-0.05, 0) is 35.7 Å². The van der Waals surface area contributed by atoms with Gasteiger partial charge >= 0.3 is 0 Å². The molecule has 3 aromatic rings. The predicted molar refractivity (Wildman–Crippen MR) is 101 cm³/mol. The molecule has 0 bridgehead atoms. The second-order valence-corrected chi connectivity index (χ2v) is 6.22. The highest BCUT2D eigenvalue weighted by atomic mass is 35.5. The summed E-state index contributed by atoms with van der Waals surface area (Å²) in [6, 6.07) is 17.0. The van der Waals surface area contributed by atoms with E-state index >= 15 is 0 Å². The van der Waals surface area contributed by atoms with Crippen LogP contribution in [-0.4, -0.2) is 10.5 Å². The predicted octanol–water partition coefficient (Wildman–Crippen LogP) is 4.27. The summed E-state index contributed by atoms with van der Waals surface area (Å²) in [7, 11) is 1.56. The first-order valence-electron chi connectivity index (χ1n) is 7.80. The van der Waals surface area contributed by atoms with Crippen molar-refractivity contribution in [3.63, 3.8) is 0 Å². The molecular weight excluding hydrogens is 336 g/mol. The third-order valence-corrected chi connectivity index (χ3v) is 4.27. The maximum absolute atomic E-state index is 12.6. The zero-order valence-electron chi connectivity index (χ0n) is 13.9. The number of benzene rings is 2. The Balaban J connectivity index is 1.97. The van der Waals surface area contributed by atoms with Gasteiger partial charge in [-0.25, -0.2) is 0 Å². The van der Waals surface area contributed by atoms with Gasteiger partial charge in [0.1, 0.15) is 5.56 Å². The number of nitrogens with zero attached hydrogens (tertiary/aromatic N) is 1. The summed E-state index contributed by atoms with van der Waals surface area (Å²) >= 11 is 5.97. The fourth-order valence-corrected chi connectivity index (χ4v) is 2.98. The molecule has 0 aliphatic rings. The van der Waals surface area contributed by atoms with Gasteiger partial charge in [0.05, 0.1) is 5.02 Å². The van der Waals surface area contributed by atoms with Crippen LogP contribution in [0.2, 0.25) is 5.02 Å². The van der Waals surface area contributed by atoms with Crippen molar-refractivity contribution in [2.24, 2.45) is 7.05 Å². The van der Waals surface area contributed by atoms with Crippen LogP contribution >= 0.6 is 11.6 Å². The average molecular weight is 353 g/mol. The lowest BCUT2D eigenvalue weighted by molar-refractivity contribution is 0.102. The highest BCUT2D eigenvalue weighted by Crippen LogP contribution is 2.28. The lowest BCUT2D eigenvalue weighted by Crippen LogP contribution is -2.27. The Morgan fingerprint density at radius 1 is 1.08 bits per heavy atom. The van der Waals surface area contributed by atoms with Crippen LogP contribution in [0, 0.1) is 6.92 Å². The Hall–Kier alpha value is -2.85. The van der Waals surface area contributed by atoms with Crippen molar-refractivity contribution in [1.82, 2.24) is 4.57 Å². The van der Waals surface area contributed by atoms with Gasteiger partial charge in [0.15, 0.2) is 0 Å². The number of pyridine rings is 1. The molecule has 0 fully saturated rings. The standard InChI is InChI=1S/C20H17ClN2O2/c1-13-16(14-7-4-3-5-8-14)9-6-10-18(13)22-19(24)17-11-15(21)12-23(2)20(17)25/h3-12H,1-2H3,(H,22,24). The van der Waals surface area contributed by atoms with E-state index in [9.17, 15) is 9.59 Å². The number of aromatic nitrogens is 1. The zero-order chi connectivity index (χ0) is 18.0. The van der Waals surface area contributed by atoms with Gasteiger partial charge in [-0.3, -0.25) is 9.59 Å². The Morgan fingerprint density at radius 2 is 1.80 bits per heavy atom. The van der Waals surface area contributed by atoms with Gasteiger partial charge in [-0.1, -0.05) is 54.1 Å². The summed E-state index contributed by atoms with van der Waals surface area (Å²) in [6.07, 6.45) is 1.47. The van der Waals surface area contributed by atoms with Crippen molar-refractivity contribution >= 4 is 23.2 Å². The quantitative estimate of drug-likeness (QED) is 0.765. The molecule has 4 nitrogen and oxygen atoms in total. The van der Waals surface area contributed by atoms with Crippen molar-refractivity contribution in [1.29, 1.82) is 0 Å². The topological polar surface area (TPSA) is 51.1 Å². The van der Waals surface area contributed by atoms with E-state index < -0.39 is 11.5 Å². The van der Waals surface area contributed by atoms with E-state index in [1.54, 1.807) is 7.05 Å². The molecule has 0 spiro atoms. The largest absolute Gasteiger partial charge is 0.322 e. The number of carbonyl (C=O) groups is 1. The number of amides is 1. The molecule has 0 saturated heterocycles. The second kappa shape index (κ2) is 6.95. The van der Waals surface area contributed by atoms with Crippen LogP contribution in [0.15, 0.2) is 65.6 Å². The first kappa shape index (κ1) is 17.0. The molecule has 1 heterocycles. The lowest BCUT2D eigenvalue weighted by Gasteiger charge is -2.13. The van der Waals surface area contributed by atoms with Gasteiger partial charge in [0, 0.05) is 18.9 Å². The highest BCUT2D eigenvalue weighted by Gasteiger charge is 2.15. The van der Waals surface area contributed by atoms with Crippen LogP contribution in [0.3, 0.4) is 0 Å². The van der Waals surface area contributed by atoms with Crippen LogP contribution in [0.5, 0.6) is 0 Å². The Morgan fingerprint density at radius 3 is 2.52 bits per heavy atom. The molecule has 1 amide bonds. The molecule has 25 heavy (non-hydrogen) atoms. The number of aryl methyl sites for hydroxylation is 1. The summed E-state index contributed by atoms with van der Waals surface area (Å²) in [6.45, 7) is 1.94. The normalized spacial score (nSPS) is 10.5. The molecule has 1 N–H and O–H groups in total. The SMILES string of the molecule is Cc1c(NC(=O)c2cc(Cl)cn(C)c2=O)cccc1-c1ccccc1. The molecule has 126 valence electrons. The van der Waals surface area contributed by atoms with Gasteiger partial charge in [0.2, 0.25) is 0 Å². The summed E-state index contributed by atoms with van der Waals surface area (Å²) in [5, 5.41) is 3.16. The number of nitrogens with one attached hydrogen (secondary N) is 1. The number of halogens is 1. The van der Waals surface area contributed by atoms with E-state index in [2.05, 4.69) is 5.32 Å². The van der Waals surface area contributed by atoms with Crippen LogP contribution in [0.4, 0.5) is 5.69 Å². The maximum atomic E-state index is 12.6. The van der Waals surface area contributed by atoms with E-state index in [1.807, 2.05) is 55.5 Å². The summed E-state index contributed by atoms with van der Waals surface area (Å²) in [5.41, 5.74) is 3.31. The van der Waals surface area contributed by atoms with E-state index in [4.69, 9.17) is 11.6 Å². The maximum Gasteiger partial charge on any atom is 0.263 e. The minimum absolute atomic E-state index is 0.0134. The fourth-order valence-electron chi connectivity index (χ4n) is 2.72. The Kier molecular flexibility index (Phi) is 4.72. The number of hydrogen-bond donors (Lipinski definition) is 1. The second-order valence-electron chi connectivity index (χ2n) is 5.79. The molecular formula is C20H17ClN2O2. The molecule has 5 heteroatoms. The summed E-state index contributed by atoms with van der Waals surface area (Å²) in [5.74, 6) is -0.476. The smallest absolute Gasteiger partial charge is 0.263 e. The minimum Gasteiger partial charge on any atom is -0.322 e. The van der Waals surface area contributed by atoms with Gasteiger partial charge in [0.25, 0.3) is 11.5 Å². The molecule has 3 rings (SSSR count). The van der Waals surface area contributed by atoms with Crippen LogP contribution in [0.1, 0.15) is 15.9 Å². The fraction of sp³-hybridized carbons (Fsp3) is 0.100. The first-order chi connectivity index (χ1) is 12.0. The summed E-state index contributed by atoms with van der Waals surface area (Å²) in [4.78, 5) is 24.7. The van der Waals surface area contributed by atoms with Crippen molar-refractivity contribution < 1.29 is 4.79 Å². The van der Waals surface area contributed by atoms with Crippen molar-refractivity contribution in [3.8, 4) is 11.1 Å². The molecule has 2 aromatic carbocycles. The molecule has 0 atom stereocenters. The molecule has 0 saturated carbocycles. The Labute approximate surface area is 150 Å². The van der Waals surface area contributed by atoms with Crippen LogP contribution in [-0.2, 0) is 7.05 Å². The highest BCUT2D eigenvalue weighted by molar-refractivity contribution is 6.30.